The van der Waals surface area contributed by atoms with Gasteiger partial charge in [-0.25, -0.2) is 0 Å². The summed E-state index contributed by atoms with van der Waals surface area (Å²) in [5.74, 6) is 1.87. The van der Waals surface area contributed by atoms with E-state index >= 15 is 0 Å². The van der Waals surface area contributed by atoms with Gasteiger partial charge < -0.3 is 23.9 Å². The zero-order chi connectivity index (χ0) is 19.4. The van der Waals surface area contributed by atoms with Crippen molar-refractivity contribution in [3.63, 3.8) is 0 Å². The fraction of sp³-hybridized carbons (Fsp3) is 0.190. The molecule has 0 bridgehead atoms. The van der Waals surface area contributed by atoms with Gasteiger partial charge >= 0.3 is 0 Å². The van der Waals surface area contributed by atoms with Crippen LogP contribution in [0.5, 0.6) is 23.0 Å². The van der Waals surface area contributed by atoms with Crippen LogP contribution in [0.1, 0.15) is 15.9 Å². The second-order valence-corrected chi connectivity index (χ2v) is 5.74. The van der Waals surface area contributed by atoms with Crippen molar-refractivity contribution in [1.29, 1.82) is 0 Å². The third-order valence-electron chi connectivity index (χ3n) is 4.28. The van der Waals surface area contributed by atoms with Gasteiger partial charge in [0, 0.05) is 28.2 Å². The van der Waals surface area contributed by atoms with E-state index in [2.05, 4.69) is 4.98 Å². The molecule has 6 nitrogen and oxygen atoms in total. The Hall–Kier alpha value is -3.41. The molecule has 0 atom stereocenters. The summed E-state index contributed by atoms with van der Waals surface area (Å²) in [6, 6.07) is 9.00. The van der Waals surface area contributed by atoms with Crippen molar-refractivity contribution in [2.24, 2.45) is 0 Å². The summed E-state index contributed by atoms with van der Waals surface area (Å²) in [6.45, 7) is 0. The van der Waals surface area contributed by atoms with Gasteiger partial charge in [-0.3, -0.25) is 4.79 Å². The highest BCUT2D eigenvalue weighted by atomic mass is 16.5. The van der Waals surface area contributed by atoms with Crippen LogP contribution in [-0.4, -0.2) is 39.2 Å². The average Bonchev–Trinajstić information content (AvgIpc) is 3.13. The molecule has 2 aromatic carbocycles. The molecular formula is C21H21NO5. The van der Waals surface area contributed by atoms with Crippen molar-refractivity contribution < 1.29 is 23.7 Å². The first-order chi connectivity index (χ1) is 13.1. The molecule has 0 radical (unpaired) electrons. The molecule has 0 saturated carbocycles. The number of ketones is 1. The van der Waals surface area contributed by atoms with Crippen molar-refractivity contribution in [3.8, 4) is 23.0 Å². The van der Waals surface area contributed by atoms with E-state index in [1.807, 2.05) is 24.4 Å². The third kappa shape index (κ3) is 3.46. The quantitative estimate of drug-likeness (QED) is 0.503. The molecule has 1 heterocycles. The van der Waals surface area contributed by atoms with E-state index in [4.69, 9.17) is 18.9 Å². The molecule has 27 heavy (non-hydrogen) atoms. The fourth-order valence-electron chi connectivity index (χ4n) is 2.96. The maximum atomic E-state index is 12.7. The van der Waals surface area contributed by atoms with Gasteiger partial charge in [0.15, 0.2) is 17.3 Å². The van der Waals surface area contributed by atoms with Gasteiger partial charge in [-0.2, -0.15) is 0 Å². The monoisotopic (exact) mass is 367 g/mol. The van der Waals surface area contributed by atoms with Crippen molar-refractivity contribution in [3.05, 3.63) is 53.7 Å². The van der Waals surface area contributed by atoms with Gasteiger partial charge in [0.25, 0.3) is 0 Å². The third-order valence-corrected chi connectivity index (χ3v) is 4.28. The minimum absolute atomic E-state index is 0.182. The number of nitrogens with one attached hydrogen (secondary N) is 1. The maximum Gasteiger partial charge on any atom is 0.203 e. The van der Waals surface area contributed by atoms with E-state index in [1.54, 1.807) is 25.3 Å². The lowest BCUT2D eigenvalue weighted by Gasteiger charge is -2.13. The zero-order valence-corrected chi connectivity index (χ0v) is 15.7. The molecule has 6 heteroatoms. The van der Waals surface area contributed by atoms with Gasteiger partial charge in [0.2, 0.25) is 5.75 Å². The highest BCUT2D eigenvalue weighted by Gasteiger charge is 2.16. The molecule has 3 aromatic rings. The maximum absolute atomic E-state index is 12.7. The highest BCUT2D eigenvalue weighted by molar-refractivity contribution is 6.08. The number of benzene rings is 2. The van der Waals surface area contributed by atoms with Crippen LogP contribution >= 0.6 is 0 Å². The standard InChI is InChI=1S/C21H21NO5/c1-24-17-7-5-6-15-20(17)13(12-22-15)8-9-16(23)14-10-18(25-2)21(27-4)19(11-14)26-3/h5-12,22H,1-4H3. The molecule has 0 unspecified atom stereocenters. The van der Waals surface area contributed by atoms with Crippen LogP contribution in [0.2, 0.25) is 0 Å². The molecule has 0 spiro atoms. The zero-order valence-electron chi connectivity index (χ0n) is 15.7. The number of hydrogen-bond acceptors (Lipinski definition) is 5. The predicted molar refractivity (Wildman–Crippen MR) is 104 cm³/mol. The van der Waals surface area contributed by atoms with Gasteiger partial charge in [-0.05, 0) is 36.4 Å². The first-order valence-corrected chi connectivity index (χ1v) is 8.29. The summed E-state index contributed by atoms with van der Waals surface area (Å²) in [5, 5.41) is 0.925. The molecule has 0 aliphatic carbocycles. The number of aromatic amines is 1. The molecule has 0 amide bonds. The topological polar surface area (TPSA) is 69.8 Å². The van der Waals surface area contributed by atoms with Gasteiger partial charge in [-0.1, -0.05) is 6.07 Å². The van der Waals surface area contributed by atoms with Crippen LogP contribution in [0.15, 0.2) is 42.6 Å². The molecule has 0 aliphatic rings. The molecule has 3 rings (SSSR count). The summed E-state index contributed by atoms with van der Waals surface area (Å²) < 4.78 is 21.3. The lowest BCUT2D eigenvalue weighted by molar-refractivity contribution is 0.104. The van der Waals surface area contributed by atoms with Gasteiger partial charge in [-0.15, -0.1) is 0 Å². The second kappa shape index (κ2) is 7.86. The van der Waals surface area contributed by atoms with E-state index in [0.717, 1.165) is 22.2 Å². The molecule has 0 fully saturated rings. The van der Waals surface area contributed by atoms with Gasteiger partial charge in [0.1, 0.15) is 5.75 Å². The van der Waals surface area contributed by atoms with E-state index in [-0.39, 0.29) is 5.78 Å². The summed E-state index contributed by atoms with van der Waals surface area (Å²) >= 11 is 0. The molecule has 0 saturated heterocycles. The molecule has 140 valence electrons. The van der Waals surface area contributed by atoms with Crippen LogP contribution < -0.4 is 18.9 Å². The first kappa shape index (κ1) is 18.4. The number of carbonyl (C=O) groups is 1. The van der Waals surface area contributed by atoms with E-state index in [1.165, 1.54) is 27.4 Å². The molecule has 0 aliphatic heterocycles. The Morgan fingerprint density at radius 3 is 2.19 bits per heavy atom. The number of ether oxygens (including phenoxy) is 4. The lowest BCUT2D eigenvalue weighted by Crippen LogP contribution is -2.00. The first-order valence-electron chi connectivity index (χ1n) is 8.29. The second-order valence-electron chi connectivity index (χ2n) is 5.74. The number of rotatable bonds is 7. The number of aromatic nitrogens is 1. The van der Waals surface area contributed by atoms with Crippen LogP contribution in [0.25, 0.3) is 17.0 Å². The van der Waals surface area contributed by atoms with Crippen LogP contribution in [0.3, 0.4) is 0 Å². The summed E-state index contributed by atoms with van der Waals surface area (Å²) in [5.41, 5.74) is 2.24. The van der Waals surface area contributed by atoms with Crippen molar-refractivity contribution >= 4 is 22.8 Å². The van der Waals surface area contributed by atoms with Crippen molar-refractivity contribution in [2.75, 3.05) is 28.4 Å². The van der Waals surface area contributed by atoms with E-state index in [0.29, 0.717) is 22.8 Å². The Morgan fingerprint density at radius 1 is 0.926 bits per heavy atom. The van der Waals surface area contributed by atoms with Gasteiger partial charge in [0.05, 0.1) is 28.4 Å². The van der Waals surface area contributed by atoms with Crippen LogP contribution in [0.4, 0.5) is 0 Å². The van der Waals surface area contributed by atoms with Crippen molar-refractivity contribution in [1.82, 2.24) is 4.98 Å². The number of fused-ring (bicyclic) bond motifs is 1. The Morgan fingerprint density at radius 2 is 1.59 bits per heavy atom. The normalized spacial score (nSPS) is 11.0. The molecular weight excluding hydrogens is 346 g/mol. The minimum atomic E-state index is -0.182. The lowest BCUT2D eigenvalue weighted by atomic mass is 10.1. The number of hydrogen-bond donors (Lipinski definition) is 1. The van der Waals surface area contributed by atoms with E-state index < -0.39 is 0 Å². The SMILES string of the molecule is COc1cc(C(=O)C=Cc2c[nH]c3cccc(OC)c23)cc(OC)c1OC. The Balaban J connectivity index is 1.96. The fourth-order valence-corrected chi connectivity index (χ4v) is 2.96. The Kier molecular flexibility index (Phi) is 5.35. The Bertz CT molecular complexity index is 978. The Labute approximate surface area is 157 Å². The highest BCUT2D eigenvalue weighted by Crippen LogP contribution is 2.38. The summed E-state index contributed by atoms with van der Waals surface area (Å²) in [7, 11) is 6.17. The molecule has 1 aromatic heterocycles. The number of carbonyl (C=O) groups excluding carboxylic acids is 1. The smallest absolute Gasteiger partial charge is 0.203 e. The minimum Gasteiger partial charge on any atom is -0.496 e. The predicted octanol–water partition coefficient (Wildman–Crippen LogP) is 4.10. The molecule has 1 N–H and O–H groups in total. The van der Waals surface area contributed by atoms with Crippen molar-refractivity contribution in [2.45, 2.75) is 0 Å². The summed E-state index contributed by atoms with van der Waals surface area (Å²) in [6.07, 6.45) is 5.11. The van der Waals surface area contributed by atoms with E-state index in [9.17, 15) is 4.79 Å². The largest absolute Gasteiger partial charge is 0.496 e. The number of allylic oxidation sites excluding steroid dienone is 1. The van der Waals surface area contributed by atoms with Crippen LogP contribution in [-0.2, 0) is 0 Å². The summed E-state index contributed by atoms with van der Waals surface area (Å²) in [4.78, 5) is 15.9. The average molecular weight is 367 g/mol. The number of H-pyrrole nitrogens is 1. The van der Waals surface area contributed by atoms with Crippen LogP contribution in [0, 0.1) is 0 Å². The number of methoxy groups -OCH3 is 4.